The summed E-state index contributed by atoms with van der Waals surface area (Å²) in [5.74, 6) is 2.99. The van der Waals surface area contributed by atoms with Gasteiger partial charge in [-0.3, -0.25) is 4.90 Å². The predicted octanol–water partition coefficient (Wildman–Crippen LogP) is 3.18. The maximum absolute atomic E-state index is 5.69. The molecule has 0 saturated carbocycles. The molecule has 1 atom stereocenters. The fourth-order valence-corrected chi connectivity index (χ4v) is 3.45. The number of anilines is 1. The number of likely N-dealkylation sites (N-methyl/N-ethyl adjacent to an activating group) is 1. The molecular weight excluding hydrogens is 374 g/mol. The van der Waals surface area contributed by atoms with E-state index >= 15 is 0 Å². The molecule has 1 N–H and O–H groups in total. The molecule has 0 aliphatic carbocycles. The third-order valence-corrected chi connectivity index (χ3v) is 4.88. The van der Waals surface area contributed by atoms with Gasteiger partial charge in [0.15, 0.2) is 11.5 Å². The zero-order valence-corrected chi connectivity index (χ0v) is 15.1. The first-order valence-electron chi connectivity index (χ1n) is 7.75. The Kier molecular flexibility index (Phi) is 3.97. The number of hydrogen-bond donors (Lipinski definition) is 1. The highest BCUT2D eigenvalue weighted by molar-refractivity contribution is 9.10. The molecule has 0 amide bonds. The minimum absolute atomic E-state index is 0.0492. The molecule has 2 aromatic rings. The summed E-state index contributed by atoms with van der Waals surface area (Å²) in [6.07, 6.45) is 2.67. The van der Waals surface area contributed by atoms with Gasteiger partial charge in [0.1, 0.15) is 12.0 Å². The van der Waals surface area contributed by atoms with Gasteiger partial charge in [-0.25, -0.2) is 4.98 Å². The van der Waals surface area contributed by atoms with Crippen molar-refractivity contribution in [1.29, 1.82) is 0 Å². The lowest BCUT2D eigenvalue weighted by molar-refractivity contribution is 0.170. The fourth-order valence-electron chi connectivity index (χ4n) is 3.22. The molecule has 1 aromatic carbocycles. The van der Waals surface area contributed by atoms with Crippen LogP contribution in [-0.2, 0) is 6.42 Å². The zero-order valence-electron chi connectivity index (χ0n) is 13.5. The molecule has 0 saturated heterocycles. The summed E-state index contributed by atoms with van der Waals surface area (Å²) in [7, 11) is 3.75. The van der Waals surface area contributed by atoms with E-state index in [2.05, 4.69) is 44.2 Å². The summed E-state index contributed by atoms with van der Waals surface area (Å²) in [5.41, 5.74) is 2.30. The van der Waals surface area contributed by atoms with Crippen molar-refractivity contribution in [3.63, 3.8) is 0 Å². The molecule has 7 heteroatoms. The average Bonchev–Trinajstić information content (AvgIpc) is 3.05. The SMILES string of the molecule is COc1c2c(cc3c1[C@@H](Nc1ccc(Br)cn1)N(C)CC3)OCO2. The monoisotopic (exact) mass is 391 g/mol. The number of fused-ring (bicyclic) bond motifs is 2. The second-order valence-electron chi connectivity index (χ2n) is 5.86. The molecule has 24 heavy (non-hydrogen) atoms. The second-order valence-corrected chi connectivity index (χ2v) is 6.77. The molecule has 2 aliphatic heterocycles. The van der Waals surface area contributed by atoms with E-state index in [4.69, 9.17) is 14.2 Å². The van der Waals surface area contributed by atoms with E-state index in [0.29, 0.717) is 5.75 Å². The van der Waals surface area contributed by atoms with Crippen molar-refractivity contribution in [3.05, 3.63) is 40.0 Å². The van der Waals surface area contributed by atoms with Crippen LogP contribution in [0.1, 0.15) is 17.3 Å². The summed E-state index contributed by atoms with van der Waals surface area (Å²) >= 11 is 3.41. The fraction of sp³-hybridized carbons (Fsp3) is 0.353. The Balaban J connectivity index is 1.78. The number of halogens is 1. The van der Waals surface area contributed by atoms with Gasteiger partial charge in [-0.1, -0.05) is 0 Å². The maximum Gasteiger partial charge on any atom is 0.231 e. The van der Waals surface area contributed by atoms with Crippen LogP contribution in [0.3, 0.4) is 0 Å². The van der Waals surface area contributed by atoms with Crippen LogP contribution in [0.15, 0.2) is 28.9 Å². The van der Waals surface area contributed by atoms with E-state index in [9.17, 15) is 0 Å². The van der Waals surface area contributed by atoms with Gasteiger partial charge >= 0.3 is 0 Å². The molecule has 126 valence electrons. The molecule has 1 aromatic heterocycles. The number of hydrogen-bond acceptors (Lipinski definition) is 6. The molecule has 0 unspecified atom stereocenters. The zero-order chi connectivity index (χ0) is 16.7. The van der Waals surface area contributed by atoms with Crippen LogP contribution in [0, 0.1) is 0 Å². The number of aromatic nitrogens is 1. The summed E-state index contributed by atoms with van der Waals surface area (Å²) < 4.78 is 17.8. The van der Waals surface area contributed by atoms with E-state index in [0.717, 1.165) is 40.3 Å². The number of methoxy groups -OCH3 is 1. The molecule has 3 heterocycles. The molecule has 0 fully saturated rings. The lowest BCUT2D eigenvalue weighted by Crippen LogP contribution is -2.37. The molecule has 0 radical (unpaired) electrons. The van der Waals surface area contributed by atoms with Gasteiger partial charge in [0.2, 0.25) is 12.5 Å². The second kappa shape index (κ2) is 6.14. The molecule has 0 spiro atoms. The summed E-state index contributed by atoms with van der Waals surface area (Å²) in [5, 5.41) is 3.50. The van der Waals surface area contributed by atoms with Crippen LogP contribution in [0.4, 0.5) is 5.82 Å². The molecule has 6 nitrogen and oxygen atoms in total. The first-order chi connectivity index (χ1) is 11.7. The van der Waals surface area contributed by atoms with E-state index in [1.54, 1.807) is 13.3 Å². The first kappa shape index (κ1) is 15.5. The largest absolute Gasteiger partial charge is 0.492 e. The minimum Gasteiger partial charge on any atom is -0.492 e. The van der Waals surface area contributed by atoms with Crippen molar-refractivity contribution < 1.29 is 14.2 Å². The number of rotatable bonds is 3. The van der Waals surface area contributed by atoms with Gasteiger partial charge in [-0.05, 0) is 53.2 Å². The van der Waals surface area contributed by atoms with Gasteiger partial charge in [-0.2, -0.15) is 0 Å². The van der Waals surface area contributed by atoms with Gasteiger partial charge in [0.25, 0.3) is 0 Å². The first-order valence-corrected chi connectivity index (χ1v) is 8.54. The quantitative estimate of drug-likeness (QED) is 0.866. The number of benzene rings is 1. The molecule has 0 bridgehead atoms. The standard InChI is InChI=1S/C17H18BrN3O3/c1-21-6-5-10-7-12-15(24-9-23-12)16(22-2)14(10)17(21)20-13-4-3-11(18)8-19-13/h3-4,7-8,17H,5-6,9H2,1-2H3,(H,19,20)/t17-/m0/s1. The molecule has 4 rings (SSSR count). The Morgan fingerprint density at radius 3 is 3.00 bits per heavy atom. The third kappa shape index (κ3) is 2.57. The topological polar surface area (TPSA) is 55.9 Å². The maximum atomic E-state index is 5.69. The van der Waals surface area contributed by atoms with Crippen LogP contribution in [0.25, 0.3) is 0 Å². The van der Waals surface area contributed by atoms with Crippen molar-refractivity contribution in [1.82, 2.24) is 9.88 Å². The van der Waals surface area contributed by atoms with Crippen molar-refractivity contribution in [2.45, 2.75) is 12.6 Å². The van der Waals surface area contributed by atoms with Crippen LogP contribution < -0.4 is 19.5 Å². The normalized spacial score (nSPS) is 19.0. The Morgan fingerprint density at radius 2 is 2.25 bits per heavy atom. The van der Waals surface area contributed by atoms with E-state index in [1.807, 2.05) is 12.1 Å². The average molecular weight is 392 g/mol. The Labute approximate surface area is 148 Å². The highest BCUT2D eigenvalue weighted by atomic mass is 79.9. The summed E-state index contributed by atoms with van der Waals surface area (Å²) in [6, 6.07) is 5.98. The Bertz CT molecular complexity index is 767. The molecule has 2 aliphatic rings. The highest BCUT2D eigenvalue weighted by Gasteiger charge is 2.34. The smallest absolute Gasteiger partial charge is 0.231 e. The van der Waals surface area contributed by atoms with Crippen molar-refractivity contribution in [3.8, 4) is 17.2 Å². The van der Waals surface area contributed by atoms with Crippen LogP contribution in [-0.4, -0.2) is 37.4 Å². The van der Waals surface area contributed by atoms with Gasteiger partial charge in [0.05, 0.1) is 7.11 Å². The van der Waals surface area contributed by atoms with Crippen LogP contribution >= 0.6 is 15.9 Å². The van der Waals surface area contributed by atoms with Gasteiger partial charge in [-0.15, -0.1) is 0 Å². The lowest BCUT2D eigenvalue weighted by Gasteiger charge is -2.36. The van der Waals surface area contributed by atoms with Gasteiger partial charge in [0, 0.05) is 22.8 Å². The number of nitrogens with zero attached hydrogens (tertiary/aromatic N) is 2. The van der Waals surface area contributed by atoms with Crippen LogP contribution in [0.5, 0.6) is 17.2 Å². The van der Waals surface area contributed by atoms with Gasteiger partial charge < -0.3 is 19.5 Å². The number of ether oxygens (including phenoxy) is 3. The summed E-state index contributed by atoms with van der Waals surface area (Å²) in [4.78, 5) is 6.67. The number of pyridine rings is 1. The van der Waals surface area contributed by atoms with Crippen LogP contribution in [0.2, 0.25) is 0 Å². The highest BCUT2D eigenvalue weighted by Crippen LogP contribution is 2.49. The van der Waals surface area contributed by atoms with E-state index < -0.39 is 0 Å². The Morgan fingerprint density at radius 1 is 1.38 bits per heavy atom. The minimum atomic E-state index is -0.0492. The number of nitrogens with one attached hydrogen (secondary N) is 1. The van der Waals surface area contributed by atoms with Crippen molar-refractivity contribution >= 4 is 21.7 Å². The Hall–Kier alpha value is -1.99. The predicted molar refractivity (Wildman–Crippen MR) is 93.8 cm³/mol. The van der Waals surface area contributed by atoms with Crippen molar-refractivity contribution in [2.75, 3.05) is 32.8 Å². The van der Waals surface area contributed by atoms with Crippen molar-refractivity contribution in [2.24, 2.45) is 0 Å². The molecular formula is C17H18BrN3O3. The van der Waals surface area contributed by atoms with E-state index in [1.165, 1.54) is 5.56 Å². The summed E-state index contributed by atoms with van der Waals surface area (Å²) in [6.45, 7) is 1.17. The van der Waals surface area contributed by atoms with E-state index in [-0.39, 0.29) is 13.0 Å². The third-order valence-electron chi connectivity index (χ3n) is 4.41. The lowest BCUT2D eigenvalue weighted by atomic mass is 9.95.